The molecule has 3 nitrogen and oxygen atoms in total. The van der Waals surface area contributed by atoms with Crippen LogP contribution in [-0.4, -0.2) is 4.92 Å². The maximum Gasteiger partial charge on any atom is 0.295 e. The van der Waals surface area contributed by atoms with E-state index in [0.29, 0.717) is 0 Å². The van der Waals surface area contributed by atoms with Crippen LogP contribution in [0.2, 0.25) is 0 Å². The van der Waals surface area contributed by atoms with Crippen molar-refractivity contribution >= 4 is 0 Å². The molecule has 0 aromatic heterocycles. The first-order chi connectivity index (χ1) is 8.75. The van der Waals surface area contributed by atoms with Crippen LogP contribution in [0.5, 0.6) is 0 Å². The minimum atomic E-state index is -0.610. The highest BCUT2D eigenvalue weighted by Gasteiger charge is 2.19. The average molecular weight is 235 g/mol. The van der Waals surface area contributed by atoms with Crippen molar-refractivity contribution in [2.45, 2.75) is 6.42 Å². The molecule has 0 aliphatic heterocycles. The van der Waals surface area contributed by atoms with Gasteiger partial charge >= 0.3 is 0 Å². The molecule has 0 fully saturated rings. The monoisotopic (exact) mass is 235 g/mol. The molecule has 0 spiro atoms. The zero-order chi connectivity index (χ0) is 12.5. The molecule has 2 aromatic carbocycles. The van der Waals surface area contributed by atoms with Crippen molar-refractivity contribution in [3.8, 4) is 23.1 Å². The molecule has 0 atom stereocenters. The first-order valence-corrected chi connectivity index (χ1v) is 5.62. The molecule has 0 N–H and O–H groups in total. The van der Waals surface area contributed by atoms with Gasteiger partial charge in [-0.1, -0.05) is 36.4 Å². The standard InChI is InChI=1S/C15H9NO2/c17-16(18)9-8-11-5-3-7-14-13-6-2-1-4-12(13)10-15(11)14/h1-7H,10H2. The van der Waals surface area contributed by atoms with Crippen LogP contribution >= 0.6 is 0 Å². The zero-order valence-corrected chi connectivity index (χ0v) is 9.51. The largest absolute Gasteiger partial charge is 0.295 e. The topological polar surface area (TPSA) is 43.1 Å². The SMILES string of the molecule is O=[N+]([O-])C#Cc1cccc2c1Cc1ccccc1-2. The molecule has 1 aliphatic carbocycles. The summed E-state index contributed by atoms with van der Waals surface area (Å²) in [6, 6.07) is 15.9. The lowest BCUT2D eigenvalue weighted by molar-refractivity contribution is -0.379. The summed E-state index contributed by atoms with van der Waals surface area (Å²) in [5, 5.41) is 10.3. The average Bonchev–Trinajstić information content (AvgIpc) is 2.75. The third-order valence-electron chi connectivity index (χ3n) is 3.13. The molecule has 3 rings (SSSR count). The van der Waals surface area contributed by atoms with Crippen molar-refractivity contribution < 1.29 is 4.92 Å². The minimum Gasteiger partial charge on any atom is -0.249 e. The summed E-state index contributed by atoms with van der Waals surface area (Å²) in [6.45, 7) is 0. The summed E-state index contributed by atoms with van der Waals surface area (Å²) in [5.41, 5.74) is 5.44. The molecule has 2 aromatic rings. The highest BCUT2D eigenvalue weighted by molar-refractivity contribution is 5.79. The van der Waals surface area contributed by atoms with Gasteiger partial charge in [-0.05, 0) is 34.7 Å². The van der Waals surface area contributed by atoms with Gasteiger partial charge in [0.25, 0.3) is 6.04 Å². The summed E-state index contributed by atoms with van der Waals surface area (Å²) in [6.07, 6.45) is 0.800. The Kier molecular flexibility index (Phi) is 2.35. The quantitative estimate of drug-likeness (QED) is 0.260. The molecular formula is C15H9NO2. The van der Waals surface area contributed by atoms with E-state index in [-0.39, 0.29) is 0 Å². The summed E-state index contributed by atoms with van der Waals surface area (Å²) in [7, 11) is 0. The van der Waals surface area contributed by atoms with Crippen LogP contribution in [0.3, 0.4) is 0 Å². The summed E-state index contributed by atoms with van der Waals surface area (Å²) in [4.78, 5) is 9.71. The van der Waals surface area contributed by atoms with E-state index < -0.39 is 4.92 Å². The van der Waals surface area contributed by atoms with E-state index in [4.69, 9.17) is 0 Å². The van der Waals surface area contributed by atoms with Gasteiger partial charge in [-0.15, -0.1) is 0 Å². The van der Waals surface area contributed by atoms with Crippen molar-refractivity contribution in [3.05, 3.63) is 69.3 Å². The molecule has 1 aliphatic rings. The van der Waals surface area contributed by atoms with Gasteiger partial charge in [0, 0.05) is 11.5 Å². The summed E-state index contributed by atoms with van der Waals surface area (Å²) >= 11 is 0. The van der Waals surface area contributed by atoms with Crippen LogP contribution in [-0.2, 0) is 6.42 Å². The second-order valence-electron chi connectivity index (χ2n) is 4.16. The van der Waals surface area contributed by atoms with E-state index in [0.717, 1.165) is 23.1 Å². The molecule has 86 valence electrons. The Morgan fingerprint density at radius 2 is 1.83 bits per heavy atom. The smallest absolute Gasteiger partial charge is 0.249 e. The molecule has 18 heavy (non-hydrogen) atoms. The fourth-order valence-electron chi connectivity index (χ4n) is 2.38. The number of nitrogens with zero attached hydrogens (tertiary/aromatic N) is 1. The normalized spacial score (nSPS) is 11.1. The maximum atomic E-state index is 10.3. The fourth-order valence-corrected chi connectivity index (χ4v) is 2.38. The first-order valence-electron chi connectivity index (χ1n) is 5.62. The van der Waals surface area contributed by atoms with Crippen molar-refractivity contribution in [3.63, 3.8) is 0 Å². The number of rotatable bonds is 0. The fraction of sp³-hybridized carbons (Fsp3) is 0.0667. The molecule has 0 bridgehead atoms. The summed E-state index contributed by atoms with van der Waals surface area (Å²) in [5.74, 6) is 2.63. The van der Waals surface area contributed by atoms with Gasteiger partial charge in [-0.25, -0.2) is 10.1 Å². The zero-order valence-electron chi connectivity index (χ0n) is 9.51. The van der Waals surface area contributed by atoms with Crippen LogP contribution in [0.25, 0.3) is 11.1 Å². The van der Waals surface area contributed by atoms with Crippen molar-refractivity contribution in [1.82, 2.24) is 0 Å². The first kappa shape index (κ1) is 10.5. The van der Waals surface area contributed by atoms with Gasteiger partial charge in [0.05, 0.1) is 0 Å². The number of hydrogen-bond donors (Lipinski definition) is 0. The second kappa shape index (κ2) is 4.01. The molecule has 0 saturated heterocycles. The molecular weight excluding hydrogens is 226 g/mol. The third-order valence-corrected chi connectivity index (χ3v) is 3.13. The molecule has 0 saturated carbocycles. The van der Waals surface area contributed by atoms with Gasteiger partial charge in [0.2, 0.25) is 0 Å². The van der Waals surface area contributed by atoms with Gasteiger partial charge in [-0.3, -0.25) is 0 Å². The van der Waals surface area contributed by atoms with E-state index in [1.807, 2.05) is 36.4 Å². The van der Waals surface area contributed by atoms with Crippen molar-refractivity contribution in [2.24, 2.45) is 0 Å². The molecule has 0 radical (unpaired) electrons. The Bertz CT molecular complexity index is 708. The second-order valence-corrected chi connectivity index (χ2v) is 4.16. The number of nitro groups is 1. The van der Waals surface area contributed by atoms with Crippen LogP contribution in [0, 0.1) is 22.1 Å². The van der Waals surface area contributed by atoms with Crippen molar-refractivity contribution in [1.29, 1.82) is 0 Å². The third kappa shape index (κ3) is 1.64. The molecule has 0 unspecified atom stereocenters. The van der Waals surface area contributed by atoms with Gasteiger partial charge in [0.15, 0.2) is 0 Å². The van der Waals surface area contributed by atoms with Gasteiger partial charge in [0.1, 0.15) is 4.92 Å². The molecule has 0 amide bonds. The van der Waals surface area contributed by atoms with E-state index in [2.05, 4.69) is 18.1 Å². The highest BCUT2D eigenvalue weighted by atomic mass is 16.6. The lowest BCUT2D eigenvalue weighted by Crippen LogP contribution is -1.89. The minimum absolute atomic E-state index is 0.610. The van der Waals surface area contributed by atoms with Crippen LogP contribution in [0.15, 0.2) is 42.5 Å². The molecule has 3 heteroatoms. The van der Waals surface area contributed by atoms with Crippen LogP contribution < -0.4 is 0 Å². The van der Waals surface area contributed by atoms with Crippen LogP contribution in [0.4, 0.5) is 0 Å². The lowest BCUT2D eigenvalue weighted by Gasteiger charge is -2.01. The van der Waals surface area contributed by atoms with E-state index in [9.17, 15) is 10.1 Å². The Balaban J connectivity index is 2.15. The van der Waals surface area contributed by atoms with Crippen LogP contribution in [0.1, 0.15) is 16.7 Å². The van der Waals surface area contributed by atoms with Crippen molar-refractivity contribution in [2.75, 3.05) is 0 Å². The Morgan fingerprint density at radius 3 is 2.67 bits per heavy atom. The Hall–Kier alpha value is -2.60. The number of fused-ring (bicyclic) bond motifs is 3. The predicted molar refractivity (Wildman–Crippen MR) is 68.6 cm³/mol. The predicted octanol–water partition coefficient (Wildman–Crippen LogP) is 2.84. The number of hydrogen-bond acceptors (Lipinski definition) is 2. The summed E-state index contributed by atoms with van der Waals surface area (Å²) < 4.78 is 0. The lowest BCUT2D eigenvalue weighted by atomic mass is 10.0. The Labute approximate surface area is 104 Å². The number of benzene rings is 2. The van der Waals surface area contributed by atoms with Gasteiger partial charge < -0.3 is 0 Å². The highest BCUT2D eigenvalue weighted by Crippen LogP contribution is 2.37. The van der Waals surface area contributed by atoms with E-state index in [1.54, 1.807) is 0 Å². The van der Waals surface area contributed by atoms with E-state index in [1.165, 1.54) is 11.1 Å². The van der Waals surface area contributed by atoms with E-state index >= 15 is 0 Å². The van der Waals surface area contributed by atoms with Gasteiger partial charge in [-0.2, -0.15) is 0 Å². The molecule has 0 heterocycles. The Morgan fingerprint density at radius 1 is 1.06 bits per heavy atom. The maximum absolute atomic E-state index is 10.3.